The van der Waals surface area contributed by atoms with Gasteiger partial charge in [-0.3, -0.25) is 0 Å². The number of anilines is 2. The van der Waals surface area contributed by atoms with Gasteiger partial charge in [-0.2, -0.15) is 0 Å². The van der Waals surface area contributed by atoms with Crippen molar-refractivity contribution in [2.45, 2.75) is 20.8 Å². The Balaban J connectivity index is 1.89. The van der Waals surface area contributed by atoms with E-state index in [4.69, 9.17) is 0 Å². The fraction of sp³-hybridized carbons (Fsp3) is 0.250. The Hall–Kier alpha value is -2.95. The highest BCUT2D eigenvalue weighted by Crippen LogP contribution is 2.30. The van der Waals surface area contributed by atoms with Crippen LogP contribution in [0.4, 0.5) is 23.0 Å². The first-order valence-electron chi connectivity index (χ1n) is 8.32. The number of nitrogens with zero attached hydrogens (tertiary/aromatic N) is 4. The molecule has 3 aromatic rings. The smallest absolute Gasteiger partial charge is 0.355 e. The maximum Gasteiger partial charge on any atom is 0.421 e. The average Bonchev–Trinajstić information content (AvgIpc) is 2.90. The zero-order valence-corrected chi connectivity index (χ0v) is 15.4. The predicted molar refractivity (Wildman–Crippen MR) is 101 cm³/mol. The number of imidazole rings is 1. The molecule has 0 unspecified atom stereocenters. The molecule has 5 nitrogen and oxygen atoms in total. The summed E-state index contributed by atoms with van der Waals surface area (Å²) in [5.41, 5.74) is 6.54. The standard InChI is InChI=1S/C20H23N5/c1-14-8-6-7-9-17(14)21-18-12-16(3)19(13-15(18)2)22-23-20-24(4)10-11-25(20)5/h6-13H,1-5H3/p+1. The van der Waals surface area contributed by atoms with Gasteiger partial charge in [0.1, 0.15) is 5.69 Å². The van der Waals surface area contributed by atoms with Gasteiger partial charge in [-0.1, -0.05) is 23.3 Å². The summed E-state index contributed by atoms with van der Waals surface area (Å²) < 4.78 is 3.89. The lowest BCUT2D eigenvalue weighted by molar-refractivity contribution is -0.657. The highest BCUT2D eigenvalue weighted by Gasteiger charge is 2.12. The van der Waals surface area contributed by atoms with Crippen molar-refractivity contribution in [2.75, 3.05) is 5.32 Å². The topological polar surface area (TPSA) is 45.6 Å². The molecule has 0 bridgehead atoms. The van der Waals surface area contributed by atoms with Gasteiger partial charge >= 0.3 is 5.95 Å². The molecule has 25 heavy (non-hydrogen) atoms. The fourth-order valence-electron chi connectivity index (χ4n) is 2.72. The van der Waals surface area contributed by atoms with Crippen LogP contribution in [0.5, 0.6) is 0 Å². The molecule has 3 rings (SSSR count). The number of aromatic nitrogens is 2. The zero-order valence-electron chi connectivity index (χ0n) is 15.4. The van der Waals surface area contributed by atoms with Crippen molar-refractivity contribution in [3.63, 3.8) is 0 Å². The largest absolute Gasteiger partial charge is 0.421 e. The van der Waals surface area contributed by atoms with Gasteiger partial charge in [0.05, 0.1) is 26.5 Å². The van der Waals surface area contributed by atoms with Gasteiger partial charge in [-0.05, 0) is 55.7 Å². The van der Waals surface area contributed by atoms with E-state index in [2.05, 4.69) is 60.6 Å². The molecule has 0 amide bonds. The summed E-state index contributed by atoms with van der Waals surface area (Å²) in [5, 5.41) is 12.4. The van der Waals surface area contributed by atoms with Crippen molar-refractivity contribution in [3.05, 3.63) is 65.5 Å². The lowest BCUT2D eigenvalue weighted by atomic mass is 10.1. The summed E-state index contributed by atoms with van der Waals surface area (Å²) in [4.78, 5) is 0. The number of hydrogen-bond acceptors (Lipinski definition) is 3. The first-order chi connectivity index (χ1) is 12.0. The second kappa shape index (κ2) is 6.89. The van der Waals surface area contributed by atoms with E-state index in [9.17, 15) is 0 Å². The third-order valence-corrected chi connectivity index (χ3v) is 4.35. The summed E-state index contributed by atoms with van der Waals surface area (Å²) in [6, 6.07) is 12.5. The van der Waals surface area contributed by atoms with Gasteiger partial charge in [0.15, 0.2) is 0 Å². The van der Waals surface area contributed by atoms with Crippen LogP contribution < -0.4 is 9.88 Å². The van der Waals surface area contributed by atoms with Crippen LogP contribution in [-0.2, 0) is 14.1 Å². The number of rotatable bonds is 4. The second-order valence-electron chi connectivity index (χ2n) is 6.41. The molecule has 128 valence electrons. The summed E-state index contributed by atoms with van der Waals surface area (Å²) in [7, 11) is 3.92. The first kappa shape index (κ1) is 16.9. The SMILES string of the molecule is Cc1cc(Nc2ccccc2C)c(C)cc1N=Nc1n(C)cc[n+]1C. The van der Waals surface area contributed by atoms with E-state index >= 15 is 0 Å². The van der Waals surface area contributed by atoms with Crippen LogP contribution in [0.3, 0.4) is 0 Å². The Kier molecular flexibility index (Phi) is 4.65. The van der Waals surface area contributed by atoms with Crippen molar-refractivity contribution < 1.29 is 4.57 Å². The molecule has 1 N–H and O–H groups in total. The monoisotopic (exact) mass is 334 g/mol. The molecule has 0 aliphatic carbocycles. The quantitative estimate of drug-likeness (QED) is 0.533. The zero-order chi connectivity index (χ0) is 18.0. The molecular formula is C20H24N5+. The Bertz CT molecular complexity index is 918. The molecule has 2 aromatic carbocycles. The summed E-state index contributed by atoms with van der Waals surface area (Å²) >= 11 is 0. The number of aryl methyl sites for hydroxylation is 5. The van der Waals surface area contributed by atoms with Crippen molar-refractivity contribution >= 4 is 23.0 Å². The van der Waals surface area contributed by atoms with Crippen LogP contribution in [0, 0.1) is 20.8 Å². The van der Waals surface area contributed by atoms with Gasteiger partial charge in [-0.25, -0.2) is 9.13 Å². The molecule has 0 aliphatic heterocycles. The molecule has 0 aliphatic rings. The van der Waals surface area contributed by atoms with E-state index in [1.165, 1.54) is 5.56 Å². The molecule has 0 atom stereocenters. The highest BCUT2D eigenvalue weighted by molar-refractivity contribution is 5.69. The van der Waals surface area contributed by atoms with E-state index in [1.807, 2.05) is 47.8 Å². The van der Waals surface area contributed by atoms with E-state index in [0.29, 0.717) is 0 Å². The highest BCUT2D eigenvalue weighted by atomic mass is 15.3. The van der Waals surface area contributed by atoms with Crippen LogP contribution in [0.1, 0.15) is 16.7 Å². The Morgan fingerprint density at radius 3 is 2.36 bits per heavy atom. The van der Waals surface area contributed by atoms with Gasteiger partial charge in [0.2, 0.25) is 0 Å². The molecule has 0 saturated heterocycles. The molecule has 1 heterocycles. The third kappa shape index (κ3) is 3.60. The van der Waals surface area contributed by atoms with E-state index in [-0.39, 0.29) is 0 Å². The minimum absolute atomic E-state index is 0.805. The fourth-order valence-corrected chi connectivity index (χ4v) is 2.72. The predicted octanol–water partition coefficient (Wildman–Crippen LogP) is 4.93. The van der Waals surface area contributed by atoms with Crippen molar-refractivity contribution in [1.82, 2.24) is 4.57 Å². The Morgan fingerprint density at radius 2 is 1.68 bits per heavy atom. The van der Waals surface area contributed by atoms with Gasteiger partial charge in [0.25, 0.3) is 0 Å². The van der Waals surface area contributed by atoms with Crippen molar-refractivity contribution in [1.29, 1.82) is 0 Å². The van der Waals surface area contributed by atoms with E-state index in [1.54, 1.807) is 0 Å². The first-order valence-corrected chi connectivity index (χ1v) is 8.32. The minimum atomic E-state index is 0.805. The van der Waals surface area contributed by atoms with Crippen LogP contribution in [0.15, 0.2) is 59.0 Å². The molecule has 0 radical (unpaired) electrons. The molecule has 1 aromatic heterocycles. The van der Waals surface area contributed by atoms with Gasteiger partial charge in [-0.15, -0.1) is 0 Å². The summed E-state index contributed by atoms with van der Waals surface area (Å²) in [6.45, 7) is 6.25. The Morgan fingerprint density at radius 1 is 0.920 bits per heavy atom. The van der Waals surface area contributed by atoms with Crippen molar-refractivity contribution in [3.8, 4) is 0 Å². The molecular weight excluding hydrogens is 310 g/mol. The molecule has 0 saturated carbocycles. The van der Waals surface area contributed by atoms with Crippen LogP contribution in [0.2, 0.25) is 0 Å². The average molecular weight is 334 g/mol. The number of hydrogen-bond donors (Lipinski definition) is 1. The summed E-state index contributed by atoms with van der Waals surface area (Å²) in [6.07, 6.45) is 3.92. The molecule has 0 fully saturated rings. The van der Waals surface area contributed by atoms with Crippen LogP contribution in [-0.4, -0.2) is 4.57 Å². The van der Waals surface area contributed by atoms with E-state index < -0.39 is 0 Å². The van der Waals surface area contributed by atoms with Crippen LogP contribution >= 0.6 is 0 Å². The number of para-hydroxylation sites is 1. The maximum absolute atomic E-state index is 4.45. The number of azo groups is 1. The normalized spacial score (nSPS) is 11.2. The van der Waals surface area contributed by atoms with E-state index in [0.717, 1.165) is 34.1 Å². The van der Waals surface area contributed by atoms with Crippen molar-refractivity contribution in [2.24, 2.45) is 24.3 Å². The lowest BCUT2D eigenvalue weighted by Crippen LogP contribution is -2.25. The van der Waals surface area contributed by atoms with Gasteiger partial charge in [0, 0.05) is 16.5 Å². The molecule has 0 spiro atoms. The molecule has 5 heteroatoms. The number of benzene rings is 2. The second-order valence-corrected chi connectivity index (χ2v) is 6.41. The van der Waals surface area contributed by atoms with Gasteiger partial charge < -0.3 is 5.32 Å². The lowest BCUT2D eigenvalue weighted by Gasteiger charge is -2.13. The maximum atomic E-state index is 4.45. The minimum Gasteiger partial charge on any atom is -0.355 e. The van der Waals surface area contributed by atoms with Crippen LogP contribution in [0.25, 0.3) is 0 Å². The third-order valence-electron chi connectivity index (χ3n) is 4.35. The summed E-state index contributed by atoms with van der Waals surface area (Å²) in [5.74, 6) is 0.805. The Labute approximate surface area is 148 Å². The number of nitrogens with one attached hydrogen (secondary N) is 1.